The summed E-state index contributed by atoms with van der Waals surface area (Å²) >= 11 is 0. The maximum Gasteiger partial charge on any atom is 0.251 e. The molecule has 0 bridgehead atoms. The average Bonchev–Trinajstić information content (AvgIpc) is 2.37. The van der Waals surface area contributed by atoms with Gasteiger partial charge in [-0.2, -0.15) is 0 Å². The highest BCUT2D eigenvalue weighted by Gasteiger charge is 2.05. The van der Waals surface area contributed by atoms with Crippen molar-refractivity contribution in [3.63, 3.8) is 0 Å². The highest BCUT2D eigenvalue weighted by Crippen LogP contribution is 1.95. The molecule has 3 N–H and O–H groups in total. The number of aromatic nitrogens is 1. The maximum atomic E-state index is 11.5. The molecule has 1 aromatic rings. The lowest BCUT2D eigenvalue weighted by molar-refractivity contribution is -0.121. The van der Waals surface area contributed by atoms with Gasteiger partial charge in [0.1, 0.15) is 0 Å². The van der Waals surface area contributed by atoms with Crippen LogP contribution in [0.5, 0.6) is 0 Å². The molecule has 0 fully saturated rings. The molecular weight excluding hydrogens is 222 g/mol. The summed E-state index contributed by atoms with van der Waals surface area (Å²) in [6, 6.07) is 3.20. The highest BCUT2D eigenvalue weighted by molar-refractivity contribution is 5.94. The molecule has 0 atom stereocenters. The lowest BCUT2D eigenvalue weighted by Crippen LogP contribution is -2.31. The number of carbonyl (C=O) groups excluding carboxylic acids is 2. The number of aliphatic hydroxyl groups is 1. The van der Waals surface area contributed by atoms with E-state index in [9.17, 15) is 9.59 Å². The minimum absolute atomic E-state index is 0.0882. The molecular formula is C11H15N3O3. The van der Waals surface area contributed by atoms with E-state index in [0.29, 0.717) is 5.56 Å². The van der Waals surface area contributed by atoms with E-state index < -0.39 is 0 Å². The quantitative estimate of drug-likeness (QED) is 0.610. The molecule has 0 aliphatic rings. The number of nitrogens with one attached hydrogen (secondary N) is 2. The van der Waals surface area contributed by atoms with Crippen LogP contribution in [0.2, 0.25) is 0 Å². The molecule has 6 nitrogen and oxygen atoms in total. The summed E-state index contributed by atoms with van der Waals surface area (Å²) in [6.45, 7) is 0.407. The smallest absolute Gasteiger partial charge is 0.251 e. The molecule has 0 aromatic carbocycles. The van der Waals surface area contributed by atoms with Gasteiger partial charge in [-0.1, -0.05) is 0 Å². The van der Waals surface area contributed by atoms with E-state index in [-0.39, 0.29) is 37.9 Å². The van der Waals surface area contributed by atoms with Crippen molar-refractivity contribution in [1.29, 1.82) is 0 Å². The van der Waals surface area contributed by atoms with Crippen molar-refractivity contribution in [2.24, 2.45) is 0 Å². The van der Waals surface area contributed by atoms with Gasteiger partial charge >= 0.3 is 0 Å². The fourth-order valence-electron chi connectivity index (χ4n) is 1.18. The summed E-state index contributed by atoms with van der Waals surface area (Å²) in [4.78, 5) is 26.5. The molecule has 0 aliphatic carbocycles. The zero-order chi connectivity index (χ0) is 12.5. The fraction of sp³-hybridized carbons (Fsp3) is 0.364. The number of nitrogens with zero attached hydrogens (tertiary/aromatic N) is 1. The number of carbonyl (C=O) groups is 2. The first kappa shape index (κ1) is 13.1. The van der Waals surface area contributed by atoms with Crippen molar-refractivity contribution < 1.29 is 14.7 Å². The van der Waals surface area contributed by atoms with E-state index in [1.807, 2.05) is 0 Å². The zero-order valence-electron chi connectivity index (χ0n) is 9.35. The van der Waals surface area contributed by atoms with Gasteiger partial charge in [-0.05, 0) is 12.1 Å². The number of hydrogen-bond donors (Lipinski definition) is 3. The van der Waals surface area contributed by atoms with Gasteiger partial charge in [0.2, 0.25) is 5.91 Å². The average molecular weight is 237 g/mol. The normalized spacial score (nSPS) is 9.71. The Kier molecular flexibility index (Phi) is 5.67. The van der Waals surface area contributed by atoms with Gasteiger partial charge < -0.3 is 15.7 Å². The van der Waals surface area contributed by atoms with Gasteiger partial charge in [-0.15, -0.1) is 0 Å². The van der Waals surface area contributed by atoms with Crippen LogP contribution in [0.1, 0.15) is 16.8 Å². The molecule has 1 heterocycles. The van der Waals surface area contributed by atoms with E-state index in [4.69, 9.17) is 5.11 Å². The van der Waals surface area contributed by atoms with Crippen molar-refractivity contribution >= 4 is 11.8 Å². The first-order chi connectivity index (χ1) is 8.24. The van der Waals surface area contributed by atoms with Gasteiger partial charge in [0.15, 0.2) is 0 Å². The number of amides is 2. The number of hydrogen-bond acceptors (Lipinski definition) is 4. The van der Waals surface area contributed by atoms with Crippen LogP contribution in [-0.4, -0.2) is 41.6 Å². The molecule has 0 spiro atoms. The maximum absolute atomic E-state index is 11.5. The van der Waals surface area contributed by atoms with Crippen molar-refractivity contribution in [2.45, 2.75) is 6.42 Å². The van der Waals surface area contributed by atoms with Crippen LogP contribution in [0.25, 0.3) is 0 Å². The Morgan fingerprint density at radius 1 is 1.18 bits per heavy atom. The largest absolute Gasteiger partial charge is 0.395 e. The van der Waals surface area contributed by atoms with Gasteiger partial charge in [-0.3, -0.25) is 14.6 Å². The molecule has 0 radical (unpaired) electrons. The first-order valence-corrected chi connectivity index (χ1v) is 5.30. The molecule has 17 heavy (non-hydrogen) atoms. The van der Waals surface area contributed by atoms with Crippen LogP contribution < -0.4 is 10.6 Å². The summed E-state index contributed by atoms with van der Waals surface area (Å²) < 4.78 is 0. The van der Waals surface area contributed by atoms with Crippen LogP contribution in [0.15, 0.2) is 24.5 Å². The molecule has 92 valence electrons. The van der Waals surface area contributed by atoms with Gasteiger partial charge in [0, 0.05) is 37.5 Å². The molecule has 0 unspecified atom stereocenters. The Balaban J connectivity index is 2.23. The number of pyridine rings is 1. The van der Waals surface area contributed by atoms with Crippen LogP contribution in [0.3, 0.4) is 0 Å². The molecule has 1 rings (SSSR count). The summed E-state index contributed by atoms with van der Waals surface area (Å²) in [5.41, 5.74) is 0.510. The lowest BCUT2D eigenvalue weighted by atomic mass is 10.2. The molecule has 0 saturated heterocycles. The molecule has 0 saturated carbocycles. The Morgan fingerprint density at radius 2 is 1.88 bits per heavy atom. The van der Waals surface area contributed by atoms with Crippen molar-refractivity contribution in [3.8, 4) is 0 Å². The monoisotopic (exact) mass is 237 g/mol. The topological polar surface area (TPSA) is 91.3 Å². The van der Waals surface area contributed by atoms with Crippen molar-refractivity contribution in [2.75, 3.05) is 19.7 Å². The minimum atomic E-state index is -0.234. The van der Waals surface area contributed by atoms with Gasteiger partial charge in [0.25, 0.3) is 5.91 Å². The third kappa shape index (κ3) is 5.07. The van der Waals surface area contributed by atoms with Gasteiger partial charge in [-0.25, -0.2) is 0 Å². The molecule has 2 amide bonds. The fourth-order valence-corrected chi connectivity index (χ4v) is 1.18. The number of aliphatic hydroxyl groups excluding tert-OH is 1. The highest BCUT2D eigenvalue weighted by atomic mass is 16.3. The van der Waals surface area contributed by atoms with E-state index in [1.54, 1.807) is 12.1 Å². The van der Waals surface area contributed by atoms with Crippen LogP contribution >= 0.6 is 0 Å². The van der Waals surface area contributed by atoms with Crippen LogP contribution in [0, 0.1) is 0 Å². The van der Waals surface area contributed by atoms with E-state index in [1.165, 1.54) is 12.4 Å². The van der Waals surface area contributed by atoms with E-state index in [0.717, 1.165) is 0 Å². The predicted molar refractivity (Wildman–Crippen MR) is 61.3 cm³/mol. The summed E-state index contributed by atoms with van der Waals surface area (Å²) in [5.74, 6) is -0.434. The summed E-state index contributed by atoms with van der Waals surface area (Å²) in [7, 11) is 0. The first-order valence-electron chi connectivity index (χ1n) is 5.30. The SMILES string of the molecule is O=C(CCNC(=O)c1ccncc1)NCCO. The van der Waals surface area contributed by atoms with Gasteiger partial charge in [0.05, 0.1) is 6.61 Å². The lowest BCUT2D eigenvalue weighted by Gasteiger charge is -2.05. The summed E-state index contributed by atoms with van der Waals surface area (Å²) in [5, 5.41) is 13.6. The second kappa shape index (κ2) is 7.34. The van der Waals surface area contributed by atoms with Crippen molar-refractivity contribution in [1.82, 2.24) is 15.6 Å². The third-order valence-electron chi connectivity index (χ3n) is 2.01. The van der Waals surface area contributed by atoms with Crippen molar-refractivity contribution in [3.05, 3.63) is 30.1 Å². The summed E-state index contributed by atoms with van der Waals surface area (Å²) in [6.07, 6.45) is 3.25. The predicted octanol–water partition coefficient (Wildman–Crippen LogP) is -0.690. The Labute approximate surface area is 99.1 Å². The second-order valence-electron chi connectivity index (χ2n) is 3.32. The van der Waals surface area contributed by atoms with E-state index >= 15 is 0 Å². The Morgan fingerprint density at radius 3 is 2.53 bits per heavy atom. The minimum Gasteiger partial charge on any atom is -0.395 e. The Hall–Kier alpha value is -1.95. The zero-order valence-corrected chi connectivity index (χ0v) is 9.35. The van der Waals surface area contributed by atoms with Crippen LogP contribution in [0.4, 0.5) is 0 Å². The molecule has 0 aliphatic heterocycles. The molecule has 6 heteroatoms. The molecule has 1 aromatic heterocycles. The third-order valence-corrected chi connectivity index (χ3v) is 2.01. The van der Waals surface area contributed by atoms with Crippen LogP contribution in [-0.2, 0) is 4.79 Å². The standard InChI is InChI=1S/C11H15N3O3/c15-8-7-13-10(16)3-6-14-11(17)9-1-4-12-5-2-9/h1-2,4-5,15H,3,6-8H2,(H,13,16)(H,14,17). The number of rotatable bonds is 6. The Bertz CT molecular complexity index is 367. The second-order valence-corrected chi connectivity index (χ2v) is 3.32. The van der Waals surface area contributed by atoms with E-state index in [2.05, 4.69) is 15.6 Å².